The molecular formula is C21H28N2O3. The molecule has 0 aromatic heterocycles. The van der Waals surface area contributed by atoms with Crippen LogP contribution in [-0.4, -0.2) is 37.4 Å². The summed E-state index contributed by atoms with van der Waals surface area (Å²) in [4.78, 5) is 12.5. The van der Waals surface area contributed by atoms with Gasteiger partial charge in [-0.1, -0.05) is 12.1 Å². The Labute approximate surface area is 154 Å². The minimum absolute atomic E-state index is 0.121. The first kappa shape index (κ1) is 16.6. The first-order valence-corrected chi connectivity index (χ1v) is 10.1. The Balaban J connectivity index is 1.33. The highest BCUT2D eigenvalue weighted by atomic mass is 16.6. The zero-order valence-electron chi connectivity index (χ0n) is 15.2. The number of hydrogen-bond donors (Lipinski definition) is 2. The Morgan fingerprint density at radius 2 is 1.62 bits per heavy atom. The van der Waals surface area contributed by atoms with Gasteiger partial charge in [0.25, 0.3) is 5.91 Å². The molecule has 1 atom stereocenters. The van der Waals surface area contributed by atoms with Crippen LogP contribution in [0, 0.1) is 17.8 Å². The van der Waals surface area contributed by atoms with Crippen LogP contribution in [0.3, 0.4) is 0 Å². The maximum Gasteiger partial charge on any atom is 0.255 e. The summed E-state index contributed by atoms with van der Waals surface area (Å²) < 4.78 is 10.9. The van der Waals surface area contributed by atoms with E-state index in [2.05, 4.69) is 16.7 Å². The van der Waals surface area contributed by atoms with Crippen LogP contribution in [0.5, 0.6) is 0 Å². The topological polar surface area (TPSA) is 59.6 Å². The summed E-state index contributed by atoms with van der Waals surface area (Å²) in [6.07, 6.45) is 7.61. The lowest BCUT2D eigenvalue weighted by Gasteiger charge is -2.57. The van der Waals surface area contributed by atoms with Gasteiger partial charge < -0.3 is 20.1 Å². The minimum Gasteiger partial charge on any atom is -0.378 e. The van der Waals surface area contributed by atoms with Crippen LogP contribution in [0.25, 0.3) is 0 Å². The van der Waals surface area contributed by atoms with Crippen LogP contribution in [0.15, 0.2) is 24.3 Å². The van der Waals surface area contributed by atoms with Crippen molar-refractivity contribution in [2.75, 3.05) is 30.5 Å². The van der Waals surface area contributed by atoms with Crippen LogP contribution in [0.1, 0.15) is 38.5 Å². The first-order valence-electron chi connectivity index (χ1n) is 10.1. The van der Waals surface area contributed by atoms with Gasteiger partial charge in [0, 0.05) is 5.54 Å². The molecule has 5 fully saturated rings. The molecule has 4 bridgehead atoms. The Morgan fingerprint density at radius 1 is 0.962 bits per heavy atom. The zero-order chi connectivity index (χ0) is 17.6. The lowest BCUT2D eigenvalue weighted by molar-refractivity contribution is -0.142. The van der Waals surface area contributed by atoms with Crippen molar-refractivity contribution in [3.63, 3.8) is 0 Å². The molecular weight excluding hydrogens is 328 g/mol. The van der Waals surface area contributed by atoms with Crippen molar-refractivity contribution in [3.8, 4) is 0 Å². The van der Waals surface area contributed by atoms with E-state index >= 15 is 0 Å². The molecule has 0 spiro atoms. The van der Waals surface area contributed by atoms with E-state index in [1.165, 1.54) is 38.5 Å². The second-order valence-electron chi connectivity index (χ2n) is 8.79. The molecule has 2 N–H and O–H groups in total. The van der Waals surface area contributed by atoms with Crippen LogP contribution >= 0.6 is 0 Å². The van der Waals surface area contributed by atoms with Gasteiger partial charge in [-0.3, -0.25) is 4.79 Å². The molecule has 5 nitrogen and oxygen atoms in total. The van der Waals surface area contributed by atoms with E-state index in [4.69, 9.17) is 9.47 Å². The molecule has 1 aliphatic heterocycles. The Kier molecular flexibility index (Phi) is 4.17. The molecule has 5 heteroatoms. The zero-order valence-corrected chi connectivity index (χ0v) is 15.2. The molecule has 1 heterocycles. The fraction of sp³-hybridized carbons (Fsp3) is 0.667. The third-order valence-corrected chi connectivity index (χ3v) is 6.73. The third kappa shape index (κ3) is 3.12. The summed E-state index contributed by atoms with van der Waals surface area (Å²) in [7, 11) is 0. The summed E-state index contributed by atoms with van der Waals surface area (Å²) in [6, 6.07) is 8.08. The fourth-order valence-electron chi connectivity index (χ4n) is 6.10. The highest BCUT2D eigenvalue weighted by Crippen LogP contribution is 2.56. The number of benzene rings is 1. The summed E-state index contributed by atoms with van der Waals surface area (Å²) >= 11 is 0. The van der Waals surface area contributed by atoms with E-state index in [1.807, 2.05) is 18.2 Å². The van der Waals surface area contributed by atoms with E-state index in [9.17, 15) is 4.79 Å². The number of hydrogen-bond acceptors (Lipinski definition) is 4. The fourth-order valence-corrected chi connectivity index (χ4v) is 6.10. The summed E-state index contributed by atoms with van der Waals surface area (Å²) in [5, 5.41) is 6.93. The Bertz CT molecular complexity index is 648. The van der Waals surface area contributed by atoms with Crippen molar-refractivity contribution < 1.29 is 14.3 Å². The molecule has 140 valence electrons. The van der Waals surface area contributed by atoms with Crippen molar-refractivity contribution in [1.82, 2.24) is 0 Å². The molecule has 4 aliphatic carbocycles. The van der Waals surface area contributed by atoms with Gasteiger partial charge in [0.1, 0.15) is 0 Å². The summed E-state index contributed by atoms with van der Waals surface area (Å²) in [5.41, 5.74) is 2.11. The standard InChI is InChI=1S/C21H28N2O3/c24-20(19-13-25-5-6-26-19)22-17-3-1-2-4-18(17)23-21-10-14-7-15(11-21)9-16(8-14)12-21/h1-4,14-16,19,23H,5-13H2,(H,22,24). The van der Waals surface area contributed by atoms with Gasteiger partial charge in [0.05, 0.1) is 31.2 Å². The number of amides is 1. The monoisotopic (exact) mass is 356 g/mol. The molecule has 1 aromatic carbocycles. The SMILES string of the molecule is O=C(Nc1ccccc1NC12CC3CC(CC(C3)C1)C2)C1COCCO1. The van der Waals surface area contributed by atoms with Crippen molar-refractivity contribution in [2.45, 2.75) is 50.2 Å². The maximum atomic E-state index is 12.5. The average Bonchev–Trinajstić information content (AvgIpc) is 2.63. The second-order valence-corrected chi connectivity index (χ2v) is 8.79. The highest BCUT2D eigenvalue weighted by molar-refractivity contribution is 5.97. The molecule has 0 radical (unpaired) electrons. The molecule has 4 saturated carbocycles. The second kappa shape index (κ2) is 6.54. The van der Waals surface area contributed by atoms with E-state index in [0.717, 1.165) is 29.1 Å². The predicted molar refractivity (Wildman–Crippen MR) is 100 cm³/mol. The number of rotatable bonds is 4. The highest BCUT2D eigenvalue weighted by Gasteiger charge is 2.51. The van der Waals surface area contributed by atoms with Gasteiger partial charge in [-0.05, 0) is 68.4 Å². The van der Waals surface area contributed by atoms with Crippen LogP contribution in [-0.2, 0) is 14.3 Å². The van der Waals surface area contributed by atoms with E-state index < -0.39 is 6.10 Å². The normalized spacial score (nSPS) is 38.2. The average molecular weight is 356 g/mol. The third-order valence-electron chi connectivity index (χ3n) is 6.73. The molecule has 26 heavy (non-hydrogen) atoms. The van der Waals surface area contributed by atoms with E-state index in [-0.39, 0.29) is 11.4 Å². The Hall–Kier alpha value is -1.59. The Morgan fingerprint density at radius 3 is 2.23 bits per heavy atom. The largest absolute Gasteiger partial charge is 0.378 e. The molecule has 1 saturated heterocycles. The van der Waals surface area contributed by atoms with Crippen LogP contribution in [0.2, 0.25) is 0 Å². The number of ether oxygens (including phenoxy) is 2. The number of nitrogens with one attached hydrogen (secondary N) is 2. The number of carbonyl (C=O) groups is 1. The smallest absolute Gasteiger partial charge is 0.255 e. The molecule has 1 unspecified atom stereocenters. The number of anilines is 2. The van der Waals surface area contributed by atoms with Gasteiger partial charge in [-0.25, -0.2) is 0 Å². The van der Waals surface area contributed by atoms with Gasteiger partial charge >= 0.3 is 0 Å². The molecule has 5 aliphatic rings. The lowest BCUT2D eigenvalue weighted by Crippen LogP contribution is -2.54. The number of para-hydroxylation sites is 2. The van der Waals surface area contributed by atoms with Crippen molar-refractivity contribution in [1.29, 1.82) is 0 Å². The van der Waals surface area contributed by atoms with Gasteiger partial charge in [-0.2, -0.15) is 0 Å². The predicted octanol–water partition coefficient (Wildman–Crippen LogP) is 3.42. The maximum absolute atomic E-state index is 12.5. The van der Waals surface area contributed by atoms with Gasteiger partial charge in [-0.15, -0.1) is 0 Å². The van der Waals surface area contributed by atoms with Crippen molar-refractivity contribution in [2.24, 2.45) is 17.8 Å². The molecule has 6 rings (SSSR count). The van der Waals surface area contributed by atoms with Crippen LogP contribution in [0.4, 0.5) is 11.4 Å². The van der Waals surface area contributed by atoms with Gasteiger partial charge in [0.15, 0.2) is 6.10 Å². The lowest BCUT2D eigenvalue weighted by atomic mass is 9.53. The molecule has 1 aromatic rings. The first-order chi connectivity index (χ1) is 12.7. The van der Waals surface area contributed by atoms with E-state index in [1.54, 1.807) is 0 Å². The summed E-state index contributed by atoms with van der Waals surface area (Å²) in [5.74, 6) is 2.55. The molecule has 1 amide bonds. The van der Waals surface area contributed by atoms with Crippen molar-refractivity contribution >= 4 is 17.3 Å². The van der Waals surface area contributed by atoms with E-state index in [0.29, 0.717) is 19.8 Å². The number of carbonyl (C=O) groups excluding carboxylic acids is 1. The minimum atomic E-state index is -0.517. The van der Waals surface area contributed by atoms with Crippen LogP contribution < -0.4 is 10.6 Å². The quantitative estimate of drug-likeness (QED) is 0.868. The van der Waals surface area contributed by atoms with Crippen molar-refractivity contribution in [3.05, 3.63) is 24.3 Å². The van der Waals surface area contributed by atoms with Gasteiger partial charge in [0.2, 0.25) is 0 Å². The summed E-state index contributed by atoms with van der Waals surface area (Å²) in [6.45, 7) is 1.37.